The SMILES string of the molecule is COc1ccc(-c2nc3ccccc3c3cc4ccccn4c23)cc1OC. The lowest BCUT2D eigenvalue weighted by Gasteiger charge is -2.12. The van der Waals surface area contributed by atoms with Crippen molar-refractivity contribution in [3.05, 3.63) is 72.9 Å². The quantitative estimate of drug-likeness (QED) is 0.440. The molecule has 0 aliphatic rings. The van der Waals surface area contributed by atoms with Crippen LogP contribution in [0.4, 0.5) is 0 Å². The summed E-state index contributed by atoms with van der Waals surface area (Å²) < 4.78 is 13.1. The molecule has 0 saturated carbocycles. The highest BCUT2D eigenvalue weighted by atomic mass is 16.5. The Morgan fingerprint density at radius 1 is 0.778 bits per heavy atom. The zero-order chi connectivity index (χ0) is 18.4. The Kier molecular flexibility index (Phi) is 3.50. The van der Waals surface area contributed by atoms with Crippen molar-refractivity contribution in [1.82, 2.24) is 9.38 Å². The van der Waals surface area contributed by atoms with E-state index in [1.54, 1.807) is 14.2 Å². The average molecular weight is 354 g/mol. The van der Waals surface area contributed by atoms with Gasteiger partial charge in [0.05, 0.1) is 30.9 Å². The molecule has 0 spiro atoms. The normalized spacial score (nSPS) is 11.3. The third-order valence-corrected chi connectivity index (χ3v) is 4.99. The van der Waals surface area contributed by atoms with Crippen molar-refractivity contribution >= 4 is 27.3 Å². The van der Waals surface area contributed by atoms with Crippen molar-refractivity contribution in [1.29, 1.82) is 0 Å². The van der Waals surface area contributed by atoms with Crippen LogP contribution in [0.1, 0.15) is 0 Å². The van der Waals surface area contributed by atoms with Crippen molar-refractivity contribution in [2.24, 2.45) is 0 Å². The van der Waals surface area contributed by atoms with E-state index in [0.717, 1.165) is 33.2 Å². The summed E-state index contributed by atoms with van der Waals surface area (Å²) in [7, 11) is 3.29. The van der Waals surface area contributed by atoms with Gasteiger partial charge in [-0.25, -0.2) is 4.98 Å². The van der Waals surface area contributed by atoms with Crippen LogP contribution >= 0.6 is 0 Å². The molecule has 0 bridgehead atoms. The summed E-state index contributed by atoms with van der Waals surface area (Å²) in [6.45, 7) is 0. The highest BCUT2D eigenvalue weighted by Crippen LogP contribution is 2.37. The van der Waals surface area contributed by atoms with Crippen LogP contribution in [0.15, 0.2) is 72.9 Å². The Balaban J connectivity index is 1.93. The predicted molar refractivity (Wildman–Crippen MR) is 109 cm³/mol. The molecule has 132 valence electrons. The van der Waals surface area contributed by atoms with Crippen LogP contribution in [0.2, 0.25) is 0 Å². The van der Waals surface area contributed by atoms with Gasteiger partial charge in [0.15, 0.2) is 11.5 Å². The first kappa shape index (κ1) is 15.7. The maximum atomic E-state index is 5.51. The zero-order valence-corrected chi connectivity index (χ0v) is 15.1. The van der Waals surface area contributed by atoms with E-state index in [9.17, 15) is 0 Å². The summed E-state index contributed by atoms with van der Waals surface area (Å²) in [6, 6.07) is 22.6. The first-order valence-corrected chi connectivity index (χ1v) is 8.81. The molecule has 2 aromatic carbocycles. The summed E-state index contributed by atoms with van der Waals surface area (Å²) in [5.41, 5.74) is 5.14. The summed E-state index contributed by atoms with van der Waals surface area (Å²) in [5, 5.41) is 2.34. The second-order valence-corrected chi connectivity index (χ2v) is 6.45. The van der Waals surface area contributed by atoms with Gasteiger partial charge in [-0.3, -0.25) is 0 Å². The molecule has 0 radical (unpaired) electrons. The summed E-state index contributed by atoms with van der Waals surface area (Å²) >= 11 is 0. The Bertz CT molecular complexity index is 1300. The van der Waals surface area contributed by atoms with Crippen molar-refractivity contribution < 1.29 is 9.47 Å². The number of methoxy groups -OCH3 is 2. The Morgan fingerprint density at radius 3 is 2.44 bits per heavy atom. The lowest BCUT2D eigenvalue weighted by atomic mass is 10.0. The molecule has 0 unspecified atom stereocenters. The van der Waals surface area contributed by atoms with Crippen molar-refractivity contribution in [2.45, 2.75) is 0 Å². The maximum absolute atomic E-state index is 5.51. The minimum absolute atomic E-state index is 0.693. The van der Waals surface area contributed by atoms with Crippen LogP contribution < -0.4 is 9.47 Å². The number of ether oxygens (including phenoxy) is 2. The molecule has 0 amide bonds. The van der Waals surface area contributed by atoms with Crippen molar-refractivity contribution in [3.8, 4) is 22.8 Å². The second kappa shape index (κ2) is 6.02. The van der Waals surface area contributed by atoms with Gasteiger partial charge in [0, 0.05) is 28.0 Å². The van der Waals surface area contributed by atoms with Gasteiger partial charge in [0.1, 0.15) is 0 Å². The highest BCUT2D eigenvalue weighted by molar-refractivity contribution is 6.12. The molecule has 27 heavy (non-hydrogen) atoms. The summed E-state index contributed by atoms with van der Waals surface area (Å²) in [5.74, 6) is 1.40. The Labute approximate surface area is 156 Å². The number of nitrogens with zero attached hydrogens (tertiary/aromatic N) is 2. The fourth-order valence-corrected chi connectivity index (χ4v) is 3.73. The number of para-hydroxylation sites is 1. The van der Waals surface area contributed by atoms with Crippen LogP contribution in [-0.4, -0.2) is 23.6 Å². The monoisotopic (exact) mass is 354 g/mol. The topological polar surface area (TPSA) is 35.8 Å². The van der Waals surface area contributed by atoms with Crippen LogP contribution in [0.5, 0.6) is 11.5 Å². The van der Waals surface area contributed by atoms with Gasteiger partial charge in [-0.05, 0) is 42.5 Å². The van der Waals surface area contributed by atoms with Gasteiger partial charge in [-0.2, -0.15) is 0 Å². The second-order valence-electron chi connectivity index (χ2n) is 6.45. The van der Waals surface area contributed by atoms with E-state index >= 15 is 0 Å². The molecular formula is C23H18N2O2. The lowest BCUT2D eigenvalue weighted by Crippen LogP contribution is -1.94. The van der Waals surface area contributed by atoms with Gasteiger partial charge in [-0.15, -0.1) is 0 Å². The first-order valence-electron chi connectivity index (χ1n) is 8.81. The molecule has 0 aliphatic heterocycles. The molecule has 4 nitrogen and oxygen atoms in total. The van der Waals surface area contributed by atoms with E-state index in [2.05, 4.69) is 47.0 Å². The molecule has 0 N–H and O–H groups in total. The predicted octanol–water partition coefficient (Wildman–Crippen LogP) is 5.32. The maximum Gasteiger partial charge on any atom is 0.161 e. The largest absolute Gasteiger partial charge is 0.493 e. The van der Waals surface area contributed by atoms with Crippen LogP contribution in [0.25, 0.3) is 38.6 Å². The molecule has 0 aliphatic carbocycles. The number of rotatable bonds is 3. The number of fused-ring (bicyclic) bond motifs is 5. The standard InChI is InChI=1S/C23H18N2O2/c1-26-20-11-10-15(13-21(20)27-2)22-23-18(14-16-7-5-6-12-25(16)23)17-8-3-4-9-19(17)24-22/h3-14H,1-2H3. The molecule has 0 fully saturated rings. The van der Waals surface area contributed by atoms with E-state index in [4.69, 9.17) is 14.5 Å². The van der Waals surface area contributed by atoms with E-state index in [1.165, 1.54) is 5.39 Å². The van der Waals surface area contributed by atoms with Crippen LogP contribution in [0, 0.1) is 0 Å². The lowest BCUT2D eigenvalue weighted by molar-refractivity contribution is 0.355. The first-order chi connectivity index (χ1) is 13.3. The third-order valence-electron chi connectivity index (χ3n) is 4.99. The van der Waals surface area contributed by atoms with Crippen LogP contribution in [-0.2, 0) is 0 Å². The summed E-state index contributed by atoms with van der Waals surface area (Å²) in [6.07, 6.45) is 2.08. The average Bonchev–Trinajstić information content (AvgIpc) is 3.12. The minimum atomic E-state index is 0.693. The van der Waals surface area contributed by atoms with Gasteiger partial charge in [0.2, 0.25) is 0 Å². The van der Waals surface area contributed by atoms with Gasteiger partial charge in [-0.1, -0.05) is 24.3 Å². The van der Waals surface area contributed by atoms with Gasteiger partial charge in [0.25, 0.3) is 0 Å². The number of aromatic nitrogens is 2. The number of benzene rings is 2. The molecule has 3 heterocycles. The van der Waals surface area contributed by atoms with Gasteiger partial charge < -0.3 is 13.9 Å². The van der Waals surface area contributed by atoms with Crippen LogP contribution in [0.3, 0.4) is 0 Å². The summed E-state index contributed by atoms with van der Waals surface area (Å²) in [4.78, 5) is 5.01. The molecule has 0 atom stereocenters. The van der Waals surface area contributed by atoms with E-state index in [-0.39, 0.29) is 0 Å². The third kappa shape index (κ3) is 2.34. The molecule has 5 aromatic rings. The van der Waals surface area contributed by atoms with Gasteiger partial charge >= 0.3 is 0 Å². The molecule has 0 saturated heterocycles. The number of hydrogen-bond donors (Lipinski definition) is 0. The van der Waals surface area contributed by atoms with Crippen molar-refractivity contribution in [2.75, 3.05) is 14.2 Å². The molecule has 4 heteroatoms. The minimum Gasteiger partial charge on any atom is -0.493 e. The van der Waals surface area contributed by atoms with E-state index in [0.29, 0.717) is 11.5 Å². The molecule has 3 aromatic heterocycles. The Hall–Kier alpha value is -3.53. The van der Waals surface area contributed by atoms with E-state index in [1.807, 2.05) is 30.3 Å². The fraction of sp³-hybridized carbons (Fsp3) is 0.0870. The molecule has 5 rings (SSSR count). The fourth-order valence-electron chi connectivity index (χ4n) is 3.73. The number of hydrogen-bond acceptors (Lipinski definition) is 3. The zero-order valence-electron chi connectivity index (χ0n) is 15.1. The van der Waals surface area contributed by atoms with E-state index < -0.39 is 0 Å². The Morgan fingerprint density at radius 2 is 1.59 bits per heavy atom. The smallest absolute Gasteiger partial charge is 0.161 e. The molecular weight excluding hydrogens is 336 g/mol. The van der Waals surface area contributed by atoms with Crippen molar-refractivity contribution in [3.63, 3.8) is 0 Å². The number of pyridine rings is 2. The highest BCUT2D eigenvalue weighted by Gasteiger charge is 2.16.